The first-order valence-electron chi connectivity index (χ1n) is 12.3. The molecular weight excluding hydrogens is 404 g/mol. The molecule has 0 amide bonds. The fraction of sp³-hybridized carbons (Fsp3) is 0.704. The second-order valence-corrected chi connectivity index (χ2v) is 11.6. The van der Waals surface area contributed by atoms with Gasteiger partial charge in [0, 0.05) is 11.8 Å². The number of carbonyl (C=O) groups excluding carboxylic acids is 2. The molecule has 32 heavy (non-hydrogen) atoms. The van der Waals surface area contributed by atoms with E-state index in [1.165, 1.54) is 5.57 Å². The van der Waals surface area contributed by atoms with Gasteiger partial charge in [-0.1, -0.05) is 19.4 Å². The fourth-order valence-corrected chi connectivity index (χ4v) is 8.80. The van der Waals surface area contributed by atoms with Gasteiger partial charge < -0.3 is 13.9 Å². The maximum Gasteiger partial charge on any atom is 0.226 e. The quantitative estimate of drug-likeness (QED) is 0.624. The van der Waals surface area contributed by atoms with E-state index < -0.39 is 11.4 Å². The summed E-state index contributed by atoms with van der Waals surface area (Å²) in [7, 11) is 0. The lowest BCUT2D eigenvalue weighted by atomic mass is 9.46. The lowest BCUT2D eigenvalue weighted by molar-refractivity contribution is -0.234. The molecule has 4 fully saturated rings. The predicted molar refractivity (Wildman–Crippen MR) is 118 cm³/mol. The van der Waals surface area contributed by atoms with Crippen LogP contribution in [0.1, 0.15) is 78.4 Å². The number of hydrogen-bond acceptors (Lipinski definition) is 5. The Bertz CT molecular complexity index is 1010. The molecule has 4 aliphatic carbocycles. The third-order valence-corrected chi connectivity index (χ3v) is 10.3. The summed E-state index contributed by atoms with van der Waals surface area (Å²) in [5, 5.41) is 0. The highest BCUT2D eigenvalue weighted by atomic mass is 16.8. The maximum atomic E-state index is 13.4. The number of ketones is 2. The van der Waals surface area contributed by atoms with Crippen molar-refractivity contribution in [2.45, 2.75) is 90.1 Å². The van der Waals surface area contributed by atoms with Gasteiger partial charge >= 0.3 is 0 Å². The van der Waals surface area contributed by atoms with Crippen LogP contribution in [-0.2, 0) is 24.8 Å². The summed E-state index contributed by atoms with van der Waals surface area (Å²) >= 11 is 0. The molecule has 8 atom stereocenters. The highest BCUT2D eigenvalue weighted by Crippen LogP contribution is 2.71. The van der Waals surface area contributed by atoms with E-state index in [-0.39, 0.29) is 22.7 Å². The van der Waals surface area contributed by atoms with Gasteiger partial charge in [0.25, 0.3) is 0 Å². The summed E-state index contributed by atoms with van der Waals surface area (Å²) < 4.78 is 19.0. The van der Waals surface area contributed by atoms with Gasteiger partial charge in [-0.2, -0.15) is 0 Å². The summed E-state index contributed by atoms with van der Waals surface area (Å²) in [6, 6.07) is 3.70. The molecule has 1 aliphatic heterocycles. The monoisotopic (exact) mass is 438 g/mol. The third kappa shape index (κ3) is 2.37. The van der Waals surface area contributed by atoms with Crippen LogP contribution >= 0.6 is 0 Å². The standard InChI is InChI=1S/C27H34O5/c1-16(28)27-23(31-26(4,32-27)22-6-5-13-30-22)15-21-19-8-7-17-14-18(29)9-11-24(17,2)20(19)10-12-25(21,27)3/h5-6,13-14,19-21,23H,7-12,15H2,1-4H3/t19-,20+,21+,23-,24+,25+,26?,27-/m1/s1. The molecule has 5 heteroatoms. The Balaban J connectivity index is 1.38. The van der Waals surface area contributed by atoms with Crippen LogP contribution in [-0.4, -0.2) is 23.3 Å². The van der Waals surface area contributed by atoms with Crippen molar-refractivity contribution < 1.29 is 23.5 Å². The normalized spacial score (nSPS) is 49.6. The molecular formula is C27H34O5. The molecule has 0 aromatic carbocycles. The van der Waals surface area contributed by atoms with E-state index >= 15 is 0 Å². The third-order valence-electron chi connectivity index (χ3n) is 10.3. The predicted octanol–water partition coefficient (Wildman–Crippen LogP) is 5.34. The van der Waals surface area contributed by atoms with Crippen LogP contribution in [0.5, 0.6) is 0 Å². The molecule has 5 aliphatic rings. The van der Waals surface area contributed by atoms with E-state index in [0.29, 0.717) is 35.7 Å². The number of rotatable bonds is 2. The Morgan fingerprint density at radius 3 is 2.62 bits per heavy atom. The zero-order valence-electron chi connectivity index (χ0n) is 19.6. The van der Waals surface area contributed by atoms with Crippen LogP contribution in [0.4, 0.5) is 0 Å². The molecule has 0 spiro atoms. The number of fused-ring (bicyclic) bond motifs is 7. The Labute approximate surface area is 189 Å². The largest absolute Gasteiger partial charge is 0.464 e. The second-order valence-electron chi connectivity index (χ2n) is 11.6. The average molecular weight is 439 g/mol. The highest BCUT2D eigenvalue weighted by molar-refractivity contribution is 5.91. The van der Waals surface area contributed by atoms with Gasteiger partial charge in [-0.05, 0) is 93.7 Å². The highest BCUT2D eigenvalue weighted by Gasteiger charge is 2.76. The lowest BCUT2D eigenvalue weighted by Crippen LogP contribution is -2.59. The summed E-state index contributed by atoms with van der Waals surface area (Å²) in [4.78, 5) is 25.5. The van der Waals surface area contributed by atoms with Crippen molar-refractivity contribution >= 4 is 11.6 Å². The van der Waals surface area contributed by atoms with Crippen LogP contribution in [0.15, 0.2) is 34.5 Å². The SMILES string of the molecule is CC(=O)[C@@]12OC(C)(c3ccco3)O[C@@H]1C[C@H]1[C@@H]3CCC4=CC(=O)CC[C@]4(C)[C@H]3CC[C@@]12C. The van der Waals surface area contributed by atoms with Crippen LogP contribution in [0.25, 0.3) is 0 Å². The zero-order chi connectivity index (χ0) is 22.5. The van der Waals surface area contributed by atoms with Crippen molar-refractivity contribution in [1.82, 2.24) is 0 Å². The number of carbonyl (C=O) groups is 2. The van der Waals surface area contributed by atoms with Gasteiger partial charge in [0.2, 0.25) is 5.79 Å². The number of furan rings is 1. The molecule has 1 saturated heterocycles. The zero-order valence-corrected chi connectivity index (χ0v) is 19.6. The van der Waals surface area contributed by atoms with Gasteiger partial charge in [-0.15, -0.1) is 0 Å². The fourth-order valence-electron chi connectivity index (χ4n) is 8.80. The molecule has 5 nitrogen and oxygen atoms in total. The molecule has 0 N–H and O–H groups in total. The van der Waals surface area contributed by atoms with Crippen molar-refractivity contribution in [3.63, 3.8) is 0 Å². The van der Waals surface area contributed by atoms with Crippen molar-refractivity contribution in [2.75, 3.05) is 0 Å². The topological polar surface area (TPSA) is 65.7 Å². The van der Waals surface area contributed by atoms with E-state index in [4.69, 9.17) is 13.9 Å². The van der Waals surface area contributed by atoms with Crippen molar-refractivity contribution in [3.8, 4) is 0 Å². The number of Topliss-reactive ketones (excluding diaryl/α,β-unsaturated/α-hetero) is 1. The second kappa shape index (κ2) is 6.44. The summed E-state index contributed by atoms with van der Waals surface area (Å²) in [6.07, 6.45) is 9.91. The average Bonchev–Trinajstić information content (AvgIpc) is 3.43. The smallest absolute Gasteiger partial charge is 0.226 e. The van der Waals surface area contributed by atoms with Crippen LogP contribution in [0.2, 0.25) is 0 Å². The van der Waals surface area contributed by atoms with Gasteiger partial charge in [0.05, 0.1) is 12.4 Å². The van der Waals surface area contributed by atoms with Crippen molar-refractivity contribution in [2.24, 2.45) is 28.6 Å². The number of ether oxygens (including phenoxy) is 2. The van der Waals surface area contributed by atoms with Gasteiger partial charge in [0.1, 0.15) is 0 Å². The molecule has 1 aromatic rings. The number of allylic oxidation sites excluding steroid dienone is 1. The first-order valence-corrected chi connectivity index (χ1v) is 12.3. The molecule has 0 bridgehead atoms. The molecule has 1 aromatic heterocycles. The van der Waals surface area contributed by atoms with Crippen LogP contribution in [0.3, 0.4) is 0 Å². The van der Waals surface area contributed by atoms with E-state index in [1.807, 2.05) is 25.1 Å². The van der Waals surface area contributed by atoms with Gasteiger partial charge in [-0.25, -0.2) is 0 Å². The Morgan fingerprint density at radius 1 is 1.09 bits per heavy atom. The lowest BCUT2D eigenvalue weighted by Gasteiger charge is -2.59. The molecule has 2 heterocycles. The van der Waals surface area contributed by atoms with E-state index in [1.54, 1.807) is 13.2 Å². The Hall–Kier alpha value is -1.72. The van der Waals surface area contributed by atoms with E-state index in [2.05, 4.69) is 13.8 Å². The first kappa shape index (κ1) is 20.9. The Morgan fingerprint density at radius 2 is 1.91 bits per heavy atom. The molecule has 3 saturated carbocycles. The molecule has 1 unspecified atom stereocenters. The van der Waals surface area contributed by atoms with Crippen molar-refractivity contribution in [3.05, 3.63) is 35.8 Å². The summed E-state index contributed by atoms with van der Waals surface area (Å²) in [6.45, 7) is 8.24. The molecule has 172 valence electrons. The summed E-state index contributed by atoms with van der Waals surface area (Å²) in [5.74, 6) is 1.43. The van der Waals surface area contributed by atoms with Crippen molar-refractivity contribution in [1.29, 1.82) is 0 Å². The summed E-state index contributed by atoms with van der Waals surface area (Å²) in [5.41, 5.74) is 0.278. The minimum Gasteiger partial charge on any atom is -0.464 e. The maximum absolute atomic E-state index is 13.4. The molecule has 0 radical (unpaired) electrons. The minimum atomic E-state index is -1.04. The van der Waals surface area contributed by atoms with E-state index in [9.17, 15) is 9.59 Å². The molecule has 6 rings (SSSR count). The van der Waals surface area contributed by atoms with Crippen LogP contribution < -0.4 is 0 Å². The number of hydrogen-bond donors (Lipinski definition) is 0. The first-order chi connectivity index (χ1) is 15.1. The van der Waals surface area contributed by atoms with Gasteiger partial charge in [0.15, 0.2) is 22.9 Å². The van der Waals surface area contributed by atoms with Crippen LogP contribution in [0, 0.1) is 28.6 Å². The van der Waals surface area contributed by atoms with E-state index in [0.717, 1.165) is 38.5 Å². The minimum absolute atomic E-state index is 0.0760. The van der Waals surface area contributed by atoms with Gasteiger partial charge in [-0.3, -0.25) is 9.59 Å². The Kier molecular flexibility index (Phi) is 4.20.